The molecule has 5 nitrogen and oxygen atoms in total. The molecule has 1 heterocycles. The quantitative estimate of drug-likeness (QED) is 0.740. The van der Waals surface area contributed by atoms with Crippen LogP contribution in [-0.4, -0.2) is 32.6 Å². The zero-order valence-electron chi connectivity index (χ0n) is 12.9. The van der Waals surface area contributed by atoms with Crippen molar-refractivity contribution in [3.05, 3.63) is 77.9 Å². The van der Waals surface area contributed by atoms with E-state index in [2.05, 4.69) is 10.1 Å². The predicted octanol–water partition coefficient (Wildman–Crippen LogP) is 2.82. The lowest BCUT2D eigenvalue weighted by Crippen LogP contribution is -2.26. The van der Waals surface area contributed by atoms with Crippen molar-refractivity contribution >= 4 is 5.91 Å². The lowest BCUT2D eigenvalue weighted by molar-refractivity contribution is 0.0784. The van der Waals surface area contributed by atoms with Crippen LogP contribution in [0.25, 0.3) is 5.69 Å². The topological polar surface area (TPSA) is 51.0 Å². The number of nitrogens with zero attached hydrogens (tertiary/aromatic N) is 4. The summed E-state index contributed by atoms with van der Waals surface area (Å²) >= 11 is 0. The van der Waals surface area contributed by atoms with Crippen molar-refractivity contribution in [1.82, 2.24) is 19.7 Å². The molecule has 1 aromatic heterocycles. The van der Waals surface area contributed by atoms with Crippen LogP contribution in [0, 0.1) is 11.6 Å². The first-order valence-electron chi connectivity index (χ1n) is 7.19. The second-order valence-electron chi connectivity index (χ2n) is 5.28. The Kier molecular flexibility index (Phi) is 4.33. The highest BCUT2D eigenvalue weighted by atomic mass is 19.1. The zero-order chi connectivity index (χ0) is 17.1. The number of carbonyl (C=O) groups excluding carboxylic acids is 1. The molecule has 24 heavy (non-hydrogen) atoms. The van der Waals surface area contributed by atoms with Crippen LogP contribution in [0.5, 0.6) is 0 Å². The largest absolute Gasteiger partial charge is 0.337 e. The van der Waals surface area contributed by atoms with Gasteiger partial charge in [-0.25, -0.2) is 18.4 Å². The van der Waals surface area contributed by atoms with Gasteiger partial charge in [0.05, 0.1) is 5.69 Å². The summed E-state index contributed by atoms with van der Waals surface area (Å²) in [5.41, 5.74) is 1.49. The first-order valence-corrected chi connectivity index (χ1v) is 7.19. The van der Waals surface area contributed by atoms with Crippen molar-refractivity contribution in [1.29, 1.82) is 0 Å². The van der Waals surface area contributed by atoms with Crippen molar-refractivity contribution in [2.45, 2.75) is 6.54 Å². The molecule has 3 aromatic rings. The highest BCUT2D eigenvalue weighted by Gasteiger charge is 2.14. The summed E-state index contributed by atoms with van der Waals surface area (Å²) < 4.78 is 28.2. The van der Waals surface area contributed by atoms with E-state index in [1.165, 1.54) is 23.4 Å². The molecule has 1 amide bonds. The van der Waals surface area contributed by atoms with E-state index in [1.807, 2.05) is 0 Å². The summed E-state index contributed by atoms with van der Waals surface area (Å²) in [6.07, 6.45) is 2.98. The highest BCUT2D eigenvalue weighted by Crippen LogP contribution is 2.14. The predicted molar refractivity (Wildman–Crippen MR) is 83.5 cm³/mol. The standard InChI is InChI=1S/C17H14F2N4O/c1-22(9-13-2-5-14(18)8-16(13)19)17(24)12-3-6-15(7-4-12)23-11-20-10-21-23/h2-8,10-11H,9H2,1H3. The van der Waals surface area contributed by atoms with E-state index in [9.17, 15) is 13.6 Å². The molecular formula is C17H14F2N4O. The van der Waals surface area contributed by atoms with Gasteiger partial charge in [0.2, 0.25) is 0 Å². The van der Waals surface area contributed by atoms with Crippen LogP contribution < -0.4 is 0 Å². The fourth-order valence-corrected chi connectivity index (χ4v) is 2.30. The van der Waals surface area contributed by atoms with Crippen LogP contribution in [0.2, 0.25) is 0 Å². The Morgan fingerprint density at radius 2 is 1.92 bits per heavy atom. The van der Waals surface area contributed by atoms with Gasteiger partial charge in [-0.1, -0.05) is 6.07 Å². The third-order valence-electron chi connectivity index (χ3n) is 3.57. The lowest BCUT2D eigenvalue weighted by atomic mass is 10.1. The molecule has 0 aliphatic rings. The van der Waals surface area contributed by atoms with Crippen molar-refractivity contribution < 1.29 is 13.6 Å². The minimum Gasteiger partial charge on any atom is -0.337 e. The summed E-state index contributed by atoms with van der Waals surface area (Å²) in [5, 5.41) is 4.01. The van der Waals surface area contributed by atoms with E-state index in [0.29, 0.717) is 5.56 Å². The van der Waals surface area contributed by atoms with E-state index < -0.39 is 11.6 Å². The van der Waals surface area contributed by atoms with Crippen LogP contribution in [0.4, 0.5) is 8.78 Å². The molecule has 0 fully saturated rings. The van der Waals surface area contributed by atoms with Gasteiger partial charge in [-0.2, -0.15) is 5.10 Å². The number of aromatic nitrogens is 3. The monoisotopic (exact) mass is 328 g/mol. The molecule has 0 saturated carbocycles. The lowest BCUT2D eigenvalue weighted by Gasteiger charge is -2.18. The molecule has 0 unspecified atom stereocenters. The zero-order valence-corrected chi connectivity index (χ0v) is 12.9. The van der Waals surface area contributed by atoms with E-state index in [-0.39, 0.29) is 18.0 Å². The number of halogens is 2. The summed E-state index contributed by atoms with van der Waals surface area (Å²) in [4.78, 5) is 17.7. The molecule has 0 aliphatic carbocycles. The summed E-state index contributed by atoms with van der Waals surface area (Å²) in [7, 11) is 1.57. The van der Waals surface area contributed by atoms with Gasteiger partial charge >= 0.3 is 0 Å². The molecule has 0 radical (unpaired) electrons. The van der Waals surface area contributed by atoms with Crippen LogP contribution >= 0.6 is 0 Å². The number of rotatable bonds is 4. The van der Waals surface area contributed by atoms with Crippen molar-refractivity contribution in [2.24, 2.45) is 0 Å². The number of hydrogen-bond acceptors (Lipinski definition) is 3. The Labute approximate surface area is 137 Å². The minimum absolute atomic E-state index is 0.0514. The number of benzene rings is 2. The molecule has 0 aliphatic heterocycles. The Morgan fingerprint density at radius 1 is 1.17 bits per heavy atom. The molecule has 0 bridgehead atoms. The van der Waals surface area contributed by atoms with E-state index in [4.69, 9.17) is 0 Å². The fourth-order valence-electron chi connectivity index (χ4n) is 2.30. The number of carbonyl (C=O) groups is 1. The second kappa shape index (κ2) is 6.57. The second-order valence-corrected chi connectivity index (χ2v) is 5.28. The molecule has 0 atom stereocenters. The Bertz CT molecular complexity index is 848. The molecule has 0 N–H and O–H groups in total. The maximum absolute atomic E-state index is 13.7. The first-order chi connectivity index (χ1) is 11.5. The van der Waals surface area contributed by atoms with Gasteiger partial charge in [0.25, 0.3) is 5.91 Å². The molecule has 122 valence electrons. The van der Waals surface area contributed by atoms with Gasteiger partial charge in [-0.05, 0) is 30.3 Å². The average Bonchev–Trinajstić information content (AvgIpc) is 3.11. The minimum atomic E-state index is -0.670. The summed E-state index contributed by atoms with van der Waals surface area (Å²) in [5.74, 6) is -1.58. The molecule has 2 aromatic carbocycles. The van der Waals surface area contributed by atoms with Gasteiger partial charge in [-0.3, -0.25) is 4.79 Å². The highest BCUT2D eigenvalue weighted by molar-refractivity contribution is 5.94. The Balaban J connectivity index is 1.73. The molecule has 0 saturated heterocycles. The van der Waals surface area contributed by atoms with Gasteiger partial charge in [0.1, 0.15) is 24.3 Å². The maximum Gasteiger partial charge on any atom is 0.253 e. The third-order valence-corrected chi connectivity index (χ3v) is 3.57. The summed E-state index contributed by atoms with van der Waals surface area (Å²) in [6, 6.07) is 10.1. The SMILES string of the molecule is CN(Cc1ccc(F)cc1F)C(=O)c1ccc(-n2cncn2)cc1. The number of amides is 1. The van der Waals surface area contributed by atoms with E-state index >= 15 is 0 Å². The van der Waals surface area contributed by atoms with Crippen LogP contribution in [-0.2, 0) is 6.54 Å². The smallest absolute Gasteiger partial charge is 0.253 e. The van der Waals surface area contributed by atoms with Crippen LogP contribution in [0.1, 0.15) is 15.9 Å². The molecule has 3 rings (SSSR count). The first kappa shape index (κ1) is 15.8. The van der Waals surface area contributed by atoms with E-state index in [1.54, 1.807) is 42.3 Å². The van der Waals surface area contributed by atoms with Crippen molar-refractivity contribution in [3.63, 3.8) is 0 Å². The van der Waals surface area contributed by atoms with Crippen LogP contribution in [0.3, 0.4) is 0 Å². The Hall–Kier alpha value is -3.09. The summed E-state index contributed by atoms with van der Waals surface area (Å²) in [6.45, 7) is 0.0514. The number of hydrogen-bond donors (Lipinski definition) is 0. The van der Waals surface area contributed by atoms with Gasteiger partial charge in [0, 0.05) is 30.8 Å². The fraction of sp³-hybridized carbons (Fsp3) is 0.118. The maximum atomic E-state index is 13.7. The molecule has 0 spiro atoms. The van der Waals surface area contributed by atoms with Crippen molar-refractivity contribution in [2.75, 3.05) is 7.05 Å². The van der Waals surface area contributed by atoms with Gasteiger partial charge in [0.15, 0.2) is 0 Å². The molecular weight excluding hydrogens is 314 g/mol. The van der Waals surface area contributed by atoms with Crippen LogP contribution in [0.15, 0.2) is 55.1 Å². The third kappa shape index (κ3) is 3.29. The molecule has 7 heteroatoms. The van der Waals surface area contributed by atoms with Crippen molar-refractivity contribution in [3.8, 4) is 5.69 Å². The van der Waals surface area contributed by atoms with Gasteiger partial charge < -0.3 is 4.90 Å². The Morgan fingerprint density at radius 3 is 2.54 bits per heavy atom. The van der Waals surface area contributed by atoms with Gasteiger partial charge in [-0.15, -0.1) is 0 Å². The van der Waals surface area contributed by atoms with E-state index in [0.717, 1.165) is 11.8 Å². The normalized spacial score (nSPS) is 10.6. The average molecular weight is 328 g/mol.